The highest BCUT2D eigenvalue weighted by molar-refractivity contribution is 7.21. The van der Waals surface area contributed by atoms with Crippen LogP contribution in [0.4, 0.5) is 0 Å². The van der Waals surface area contributed by atoms with Crippen LogP contribution in [0, 0.1) is 0 Å². The summed E-state index contributed by atoms with van der Waals surface area (Å²) in [5, 5.41) is 6.74. The molecule has 0 aliphatic carbocycles. The first kappa shape index (κ1) is 20.3. The number of amides is 2. The lowest BCUT2D eigenvalue weighted by molar-refractivity contribution is -0.872. The van der Waals surface area contributed by atoms with Gasteiger partial charge in [0, 0.05) is 22.2 Å². The highest BCUT2D eigenvalue weighted by Crippen LogP contribution is 2.34. The van der Waals surface area contributed by atoms with E-state index >= 15 is 0 Å². The third-order valence-corrected chi connectivity index (χ3v) is 5.90. The predicted octanol–water partition coefficient (Wildman–Crippen LogP) is 2.25. The summed E-state index contributed by atoms with van der Waals surface area (Å²) in [7, 11) is 4.21. The van der Waals surface area contributed by atoms with Crippen molar-refractivity contribution in [3.05, 3.63) is 69.6 Å². The largest absolute Gasteiger partial charge is 0.350 e. The number of hydrogen-bond donors (Lipinski definition) is 3. The Morgan fingerprint density at radius 1 is 1.00 bits per heavy atom. The number of carbonyl (C=O) groups excluding carboxylic acids is 2. The van der Waals surface area contributed by atoms with Crippen LogP contribution in [-0.4, -0.2) is 32.5 Å². The molecule has 0 spiro atoms. The van der Waals surface area contributed by atoms with Crippen LogP contribution in [0.25, 0.3) is 10.1 Å². The summed E-state index contributed by atoms with van der Waals surface area (Å²) >= 11 is 7.62. The molecule has 2 amide bonds. The molecule has 0 saturated carbocycles. The van der Waals surface area contributed by atoms with Crippen molar-refractivity contribution in [1.82, 2.24) is 10.6 Å². The molecule has 2 aromatic carbocycles. The van der Waals surface area contributed by atoms with Gasteiger partial charge in [-0.05, 0) is 11.6 Å². The minimum Gasteiger partial charge on any atom is -0.350 e. The maximum Gasteiger partial charge on any atom is 0.263 e. The monoisotopic (exact) mass is 416 g/mol. The number of nitrogens with one attached hydrogen (secondary N) is 3. The van der Waals surface area contributed by atoms with Crippen molar-refractivity contribution in [3.63, 3.8) is 0 Å². The molecule has 0 bridgehead atoms. The van der Waals surface area contributed by atoms with E-state index < -0.39 is 0 Å². The third-order valence-electron chi connectivity index (χ3n) is 4.22. The van der Waals surface area contributed by atoms with Gasteiger partial charge >= 0.3 is 0 Å². The van der Waals surface area contributed by atoms with E-state index in [1.807, 2.05) is 36.4 Å². The lowest BCUT2D eigenvalue weighted by Crippen LogP contribution is -3.04. The van der Waals surface area contributed by atoms with Crippen molar-refractivity contribution in [2.75, 3.05) is 20.6 Å². The van der Waals surface area contributed by atoms with Gasteiger partial charge in [0.05, 0.1) is 25.7 Å². The standard InChI is InChI=1S/C21H22ClN3O2S/c1-25(2)13-15-9-7-14(8-10-15)11-23-18(26)12-24-21(27)20-19(22)16-5-3-4-6-17(16)28-20/h3-10H,11-13H2,1-2H3,(H,23,26)(H,24,27)/p+1. The van der Waals surface area contributed by atoms with Crippen molar-refractivity contribution in [1.29, 1.82) is 0 Å². The number of thiophene rings is 1. The molecule has 1 heterocycles. The zero-order chi connectivity index (χ0) is 20.1. The Hall–Kier alpha value is -2.41. The quantitative estimate of drug-likeness (QED) is 0.553. The Kier molecular flexibility index (Phi) is 6.67. The Bertz CT molecular complexity index is 983. The topological polar surface area (TPSA) is 62.6 Å². The van der Waals surface area contributed by atoms with E-state index in [9.17, 15) is 9.59 Å². The first-order chi connectivity index (χ1) is 13.4. The van der Waals surface area contributed by atoms with E-state index in [4.69, 9.17) is 11.6 Å². The molecule has 28 heavy (non-hydrogen) atoms. The molecule has 1 aromatic heterocycles. The molecule has 0 unspecified atom stereocenters. The minimum atomic E-state index is -0.336. The van der Waals surface area contributed by atoms with Gasteiger partial charge in [-0.3, -0.25) is 9.59 Å². The highest BCUT2D eigenvalue weighted by atomic mass is 35.5. The fourth-order valence-corrected chi connectivity index (χ4v) is 4.28. The third kappa shape index (κ3) is 5.10. The molecular formula is C21H23ClN3O2S+. The minimum absolute atomic E-state index is 0.0918. The van der Waals surface area contributed by atoms with Gasteiger partial charge in [-0.1, -0.05) is 54.1 Å². The van der Waals surface area contributed by atoms with E-state index in [2.05, 4.69) is 36.9 Å². The van der Waals surface area contributed by atoms with Crippen LogP contribution < -0.4 is 15.5 Å². The van der Waals surface area contributed by atoms with Crippen LogP contribution in [0.1, 0.15) is 20.8 Å². The number of benzene rings is 2. The van der Waals surface area contributed by atoms with Crippen molar-refractivity contribution in [2.24, 2.45) is 0 Å². The SMILES string of the molecule is C[NH+](C)Cc1ccc(CNC(=O)CNC(=O)c2sc3ccccc3c2Cl)cc1. The summed E-state index contributed by atoms with van der Waals surface area (Å²) in [6.07, 6.45) is 0. The van der Waals surface area contributed by atoms with E-state index in [1.165, 1.54) is 21.8 Å². The van der Waals surface area contributed by atoms with E-state index in [0.29, 0.717) is 16.4 Å². The molecule has 0 atom stereocenters. The van der Waals surface area contributed by atoms with Gasteiger partial charge in [0.25, 0.3) is 5.91 Å². The second kappa shape index (κ2) is 9.19. The van der Waals surface area contributed by atoms with Gasteiger partial charge in [0.15, 0.2) is 0 Å². The van der Waals surface area contributed by atoms with Crippen molar-refractivity contribution >= 4 is 44.8 Å². The van der Waals surface area contributed by atoms with Gasteiger partial charge in [-0.15, -0.1) is 11.3 Å². The fourth-order valence-electron chi connectivity index (χ4n) is 2.85. The Morgan fingerprint density at radius 2 is 1.68 bits per heavy atom. The smallest absolute Gasteiger partial charge is 0.263 e. The number of rotatable bonds is 7. The van der Waals surface area contributed by atoms with Crippen LogP contribution >= 0.6 is 22.9 Å². The van der Waals surface area contributed by atoms with Crippen LogP contribution in [0.15, 0.2) is 48.5 Å². The van der Waals surface area contributed by atoms with Gasteiger partial charge in [0.2, 0.25) is 5.91 Å². The van der Waals surface area contributed by atoms with Gasteiger partial charge in [-0.2, -0.15) is 0 Å². The molecule has 3 N–H and O–H groups in total. The second-order valence-electron chi connectivity index (χ2n) is 6.90. The number of carbonyl (C=O) groups is 2. The van der Waals surface area contributed by atoms with Crippen LogP contribution in [0.2, 0.25) is 5.02 Å². The lowest BCUT2D eigenvalue weighted by atomic mass is 10.1. The Labute approximate surface area is 173 Å². The molecule has 0 aliphatic rings. The maximum absolute atomic E-state index is 12.4. The van der Waals surface area contributed by atoms with Crippen LogP contribution in [-0.2, 0) is 17.9 Å². The zero-order valence-electron chi connectivity index (χ0n) is 15.8. The molecule has 0 aliphatic heterocycles. The average Bonchev–Trinajstić information content (AvgIpc) is 3.02. The molecule has 0 saturated heterocycles. The normalized spacial score (nSPS) is 11.0. The van der Waals surface area contributed by atoms with E-state index in [0.717, 1.165) is 22.2 Å². The molecule has 5 nitrogen and oxygen atoms in total. The summed E-state index contributed by atoms with van der Waals surface area (Å²) in [4.78, 5) is 26.2. The van der Waals surface area contributed by atoms with Crippen LogP contribution in [0.5, 0.6) is 0 Å². The molecule has 3 aromatic rings. The predicted molar refractivity (Wildman–Crippen MR) is 114 cm³/mol. The molecule has 7 heteroatoms. The Balaban J connectivity index is 1.49. The zero-order valence-corrected chi connectivity index (χ0v) is 17.4. The summed E-state index contributed by atoms with van der Waals surface area (Å²) < 4.78 is 0.946. The highest BCUT2D eigenvalue weighted by Gasteiger charge is 2.17. The number of quaternary nitrogens is 1. The second-order valence-corrected chi connectivity index (χ2v) is 8.33. The van der Waals surface area contributed by atoms with E-state index in [-0.39, 0.29) is 18.4 Å². The van der Waals surface area contributed by atoms with E-state index in [1.54, 1.807) is 0 Å². The summed E-state index contributed by atoms with van der Waals surface area (Å²) in [6.45, 7) is 1.29. The van der Waals surface area contributed by atoms with Crippen molar-refractivity contribution < 1.29 is 14.5 Å². The molecule has 146 valence electrons. The summed E-state index contributed by atoms with van der Waals surface area (Å²) in [5.41, 5.74) is 2.27. The number of hydrogen-bond acceptors (Lipinski definition) is 3. The molecule has 3 rings (SSSR count). The van der Waals surface area contributed by atoms with Gasteiger partial charge in [-0.25, -0.2) is 0 Å². The van der Waals surface area contributed by atoms with Gasteiger partial charge in [0.1, 0.15) is 11.4 Å². The van der Waals surface area contributed by atoms with Crippen molar-refractivity contribution in [3.8, 4) is 0 Å². The summed E-state index contributed by atoms with van der Waals surface area (Å²) in [6, 6.07) is 15.7. The maximum atomic E-state index is 12.4. The first-order valence-electron chi connectivity index (χ1n) is 9.03. The van der Waals surface area contributed by atoms with Crippen molar-refractivity contribution in [2.45, 2.75) is 13.1 Å². The lowest BCUT2D eigenvalue weighted by Gasteiger charge is -2.09. The number of halogens is 1. The first-order valence-corrected chi connectivity index (χ1v) is 10.2. The fraction of sp³-hybridized carbons (Fsp3) is 0.238. The summed E-state index contributed by atoms with van der Waals surface area (Å²) in [5.74, 6) is -0.579. The molecular weight excluding hydrogens is 394 g/mol. The molecule has 0 radical (unpaired) electrons. The van der Waals surface area contributed by atoms with Crippen LogP contribution in [0.3, 0.4) is 0 Å². The number of fused-ring (bicyclic) bond motifs is 1. The Morgan fingerprint density at radius 3 is 2.36 bits per heavy atom. The van der Waals surface area contributed by atoms with Gasteiger partial charge < -0.3 is 15.5 Å². The molecule has 0 fully saturated rings. The average molecular weight is 417 g/mol.